The minimum absolute atomic E-state index is 0.00706. The van der Waals surface area contributed by atoms with Gasteiger partial charge in [0.25, 0.3) is 0 Å². The molecule has 2 N–H and O–H groups in total. The van der Waals surface area contributed by atoms with E-state index < -0.39 is 0 Å². The average molecular weight is 217 g/mol. The van der Waals surface area contributed by atoms with Gasteiger partial charge in [0.2, 0.25) is 5.91 Å². The van der Waals surface area contributed by atoms with Crippen LogP contribution in [0, 0.1) is 0 Å². The Morgan fingerprint density at radius 2 is 2.00 bits per heavy atom. The number of nitrogens with one attached hydrogen (secondary N) is 2. The van der Waals surface area contributed by atoms with Gasteiger partial charge in [0.05, 0.1) is 13.2 Å². The minimum atomic E-state index is -0.251. The topological polar surface area (TPSA) is 70.7 Å². The SMILES string of the molecule is CCN(C)C(=O)NCC(=O)NCCOC. The van der Waals surface area contributed by atoms with Crippen LogP contribution < -0.4 is 10.6 Å². The van der Waals surface area contributed by atoms with Gasteiger partial charge in [-0.2, -0.15) is 0 Å². The van der Waals surface area contributed by atoms with Gasteiger partial charge in [0.1, 0.15) is 0 Å². The lowest BCUT2D eigenvalue weighted by Crippen LogP contribution is -2.43. The molecule has 0 saturated carbocycles. The third kappa shape index (κ3) is 6.73. The Bertz CT molecular complexity index is 209. The van der Waals surface area contributed by atoms with Crippen LogP contribution in [-0.2, 0) is 9.53 Å². The Morgan fingerprint density at radius 3 is 2.53 bits per heavy atom. The Hall–Kier alpha value is -1.30. The van der Waals surface area contributed by atoms with Crippen molar-refractivity contribution in [3.05, 3.63) is 0 Å². The van der Waals surface area contributed by atoms with E-state index in [2.05, 4.69) is 10.6 Å². The molecular formula is C9H19N3O3. The molecule has 0 aromatic heterocycles. The van der Waals surface area contributed by atoms with Gasteiger partial charge in [0, 0.05) is 27.2 Å². The highest BCUT2D eigenvalue weighted by Gasteiger charge is 2.07. The van der Waals surface area contributed by atoms with E-state index in [9.17, 15) is 9.59 Å². The Labute approximate surface area is 90.0 Å². The maximum absolute atomic E-state index is 11.2. The van der Waals surface area contributed by atoms with Crippen LogP contribution in [0.3, 0.4) is 0 Å². The summed E-state index contributed by atoms with van der Waals surface area (Å²) < 4.78 is 4.76. The molecule has 6 nitrogen and oxygen atoms in total. The van der Waals surface area contributed by atoms with Crippen molar-refractivity contribution >= 4 is 11.9 Å². The van der Waals surface area contributed by atoms with Gasteiger partial charge in [-0.25, -0.2) is 4.79 Å². The molecule has 0 unspecified atom stereocenters. The third-order valence-electron chi connectivity index (χ3n) is 1.85. The number of hydrogen-bond donors (Lipinski definition) is 2. The number of rotatable bonds is 6. The van der Waals surface area contributed by atoms with E-state index in [0.29, 0.717) is 19.7 Å². The fourth-order valence-corrected chi connectivity index (χ4v) is 0.789. The molecule has 0 atom stereocenters. The second-order valence-electron chi connectivity index (χ2n) is 3.02. The van der Waals surface area contributed by atoms with Crippen LogP contribution in [0.2, 0.25) is 0 Å². The molecule has 0 aromatic carbocycles. The number of urea groups is 1. The molecule has 88 valence electrons. The highest BCUT2D eigenvalue weighted by Crippen LogP contribution is 1.81. The first-order chi connectivity index (χ1) is 7.11. The van der Waals surface area contributed by atoms with Gasteiger partial charge in [-0.1, -0.05) is 0 Å². The number of hydrogen-bond acceptors (Lipinski definition) is 3. The van der Waals surface area contributed by atoms with Crippen LogP contribution >= 0.6 is 0 Å². The second kappa shape index (κ2) is 8.05. The highest BCUT2D eigenvalue weighted by molar-refractivity contribution is 5.83. The summed E-state index contributed by atoms with van der Waals surface area (Å²) in [5, 5.41) is 5.09. The lowest BCUT2D eigenvalue weighted by Gasteiger charge is -2.15. The van der Waals surface area contributed by atoms with Crippen LogP contribution in [0.1, 0.15) is 6.92 Å². The van der Waals surface area contributed by atoms with Crippen molar-refractivity contribution in [1.29, 1.82) is 0 Å². The van der Waals surface area contributed by atoms with E-state index in [1.807, 2.05) is 6.92 Å². The normalized spacial score (nSPS) is 9.53. The largest absolute Gasteiger partial charge is 0.383 e. The number of carbonyl (C=O) groups excluding carboxylic acids is 2. The van der Waals surface area contributed by atoms with E-state index in [1.165, 1.54) is 4.90 Å². The lowest BCUT2D eigenvalue weighted by molar-refractivity contribution is -0.120. The summed E-state index contributed by atoms with van der Waals surface area (Å²) in [6.45, 7) is 3.38. The monoisotopic (exact) mass is 217 g/mol. The van der Waals surface area contributed by atoms with Gasteiger partial charge in [-0.05, 0) is 6.92 Å². The summed E-state index contributed by atoms with van der Waals surface area (Å²) in [5.74, 6) is -0.218. The van der Waals surface area contributed by atoms with E-state index in [-0.39, 0.29) is 18.5 Å². The molecule has 0 fully saturated rings. The molecule has 0 spiro atoms. The molecular weight excluding hydrogens is 198 g/mol. The van der Waals surface area contributed by atoms with Gasteiger partial charge in [-0.15, -0.1) is 0 Å². The highest BCUT2D eigenvalue weighted by atomic mass is 16.5. The Balaban J connectivity index is 3.57. The zero-order valence-corrected chi connectivity index (χ0v) is 9.50. The predicted molar refractivity (Wildman–Crippen MR) is 56.6 cm³/mol. The standard InChI is InChI=1S/C9H19N3O3/c1-4-12(2)9(14)11-7-8(13)10-5-6-15-3/h4-7H2,1-3H3,(H,10,13)(H,11,14). The second-order valence-corrected chi connectivity index (χ2v) is 3.02. The molecule has 15 heavy (non-hydrogen) atoms. The van der Waals surface area contributed by atoms with Crippen molar-refractivity contribution in [2.45, 2.75) is 6.92 Å². The van der Waals surface area contributed by atoms with E-state index in [1.54, 1.807) is 14.2 Å². The molecule has 0 radical (unpaired) electrons. The van der Waals surface area contributed by atoms with Gasteiger partial charge in [0.15, 0.2) is 0 Å². The smallest absolute Gasteiger partial charge is 0.317 e. The molecule has 0 saturated heterocycles. The molecule has 6 heteroatoms. The first-order valence-corrected chi connectivity index (χ1v) is 4.86. The average Bonchev–Trinajstić information content (AvgIpc) is 2.25. The molecule has 0 aliphatic heterocycles. The zero-order valence-electron chi connectivity index (χ0n) is 9.50. The van der Waals surface area contributed by atoms with Gasteiger partial charge < -0.3 is 20.3 Å². The summed E-state index contributed by atoms with van der Waals surface area (Å²) >= 11 is 0. The quantitative estimate of drug-likeness (QED) is 0.584. The summed E-state index contributed by atoms with van der Waals surface area (Å²) in [6, 6.07) is -0.251. The first-order valence-electron chi connectivity index (χ1n) is 4.86. The third-order valence-corrected chi connectivity index (χ3v) is 1.85. The maximum Gasteiger partial charge on any atom is 0.317 e. The van der Waals surface area contributed by atoms with Crippen LogP contribution in [0.4, 0.5) is 4.79 Å². The molecule has 0 heterocycles. The number of nitrogens with zero attached hydrogens (tertiary/aromatic N) is 1. The number of methoxy groups -OCH3 is 1. The number of ether oxygens (including phenoxy) is 1. The van der Waals surface area contributed by atoms with Crippen molar-refractivity contribution in [2.75, 3.05) is 40.4 Å². The zero-order chi connectivity index (χ0) is 11.7. The maximum atomic E-state index is 11.2. The Kier molecular flexibility index (Phi) is 7.35. The first kappa shape index (κ1) is 13.7. The lowest BCUT2D eigenvalue weighted by atomic mass is 10.5. The summed E-state index contributed by atoms with van der Waals surface area (Å²) in [5.41, 5.74) is 0. The van der Waals surface area contributed by atoms with Crippen molar-refractivity contribution in [3.8, 4) is 0 Å². The fraction of sp³-hybridized carbons (Fsp3) is 0.778. The van der Waals surface area contributed by atoms with Crippen LogP contribution in [0.15, 0.2) is 0 Å². The van der Waals surface area contributed by atoms with Gasteiger partial charge in [-0.3, -0.25) is 4.79 Å². The molecule has 0 aliphatic carbocycles. The van der Waals surface area contributed by atoms with Crippen molar-refractivity contribution < 1.29 is 14.3 Å². The molecule has 0 aromatic rings. The van der Waals surface area contributed by atoms with E-state index >= 15 is 0 Å². The summed E-state index contributed by atoms with van der Waals surface area (Å²) in [4.78, 5) is 23.8. The van der Waals surface area contributed by atoms with Crippen molar-refractivity contribution in [2.24, 2.45) is 0 Å². The number of carbonyl (C=O) groups is 2. The van der Waals surface area contributed by atoms with Crippen molar-refractivity contribution in [1.82, 2.24) is 15.5 Å². The fourth-order valence-electron chi connectivity index (χ4n) is 0.789. The van der Waals surface area contributed by atoms with Crippen LogP contribution in [-0.4, -0.2) is 57.2 Å². The summed E-state index contributed by atoms with van der Waals surface area (Å²) in [7, 11) is 3.22. The number of amides is 3. The van der Waals surface area contributed by atoms with E-state index in [0.717, 1.165) is 0 Å². The van der Waals surface area contributed by atoms with E-state index in [4.69, 9.17) is 4.74 Å². The molecule has 0 rings (SSSR count). The predicted octanol–water partition coefficient (Wildman–Crippen LogP) is -0.590. The van der Waals surface area contributed by atoms with Gasteiger partial charge >= 0.3 is 6.03 Å². The van der Waals surface area contributed by atoms with Crippen LogP contribution in [0.5, 0.6) is 0 Å². The summed E-state index contributed by atoms with van der Waals surface area (Å²) in [6.07, 6.45) is 0. The molecule has 0 aliphatic rings. The van der Waals surface area contributed by atoms with Crippen LogP contribution in [0.25, 0.3) is 0 Å². The molecule has 3 amide bonds. The minimum Gasteiger partial charge on any atom is -0.383 e. The molecule has 0 bridgehead atoms. The van der Waals surface area contributed by atoms with Crippen molar-refractivity contribution in [3.63, 3.8) is 0 Å². The Morgan fingerprint density at radius 1 is 1.33 bits per heavy atom.